The van der Waals surface area contributed by atoms with Crippen LogP contribution in [0.15, 0.2) is 72.2 Å². The van der Waals surface area contributed by atoms with E-state index >= 15 is 0 Å². The second-order valence-corrected chi connectivity index (χ2v) is 7.64. The first-order valence-corrected chi connectivity index (χ1v) is 10.2. The maximum absolute atomic E-state index is 12.6. The SMILES string of the molecule is COC(=O)C1=C(C(=O)OC)N(c2ccc(-c3nc4cccnc4s3)cc2C)C=CC=C1. The Bertz CT molecular complexity index is 1240. The number of hydrogen-bond donors (Lipinski definition) is 0. The number of allylic oxidation sites excluding steroid dienone is 2. The Hall–Kier alpha value is -3.78. The van der Waals surface area contributed by atoms with Gasteiger partial charge < -0.3 is 14.4 Å². The minimum Gasteiger partial charge on any atom is -0.465 e. The van der Waals surface area contributed by atoms with Gasteiger partial charge in [-0.2, -0.15) is 0 Å². The van der Waals surface area contributed by atoms with Crippen LogP contribution in [0.1, 0.15) is 5.56 Å². The summed E-state index contributed by atoms with van der Waals surface area (Å²) in [4.78, 5) is 36.5. The predicted molar refractivity (Wildman–Crippen MR) is 119 cm³/mol. The van der Waals surface area contributed by atoms with E-state index in [9.17, 15) is 9.59 Å². The molecule has 1 aromatic carbocycles. The van der Waals surface area contributed by atoms with Crippen molar-refractivity contribution in [2.45, 2.75) is 6.92 Å². The van der Waals surface area contributed by atoms with Crippen molar-refractivity contribution in [2.24, 2.45) is 0 Å². The molecule has 1 aliphatic heterocycles. The van der Waals surface area contributed by atoms with Gasteiger partial charge >= 0.3 is 11.9 Å². The van der Waals surface area contributed by atoms with Crippen LogP contribution < -0.4 is 4.90 Å². The molecular weight excluding hydrogens is 414 g/mol. The van der Waals surface area contributed by atoms with Crippen LogP contribution in [-0.4, -0.2) is 36.1 Å². The number of fused-ring (bicyclic) bond motifs is 1. The van der Waals surface area contributed by atoms with Crippen molar-refractivity contribution in [3.8, 4) is 10.6 Å². The number of hydrogen-bond acceptors (Lipinski definition) is 8. The highest BCUT2D eigenvalue weighted by atomic mass is 32.1. The van der Waals surface area contributed by atoms with Crippen molar-refractivity contribution in [1.29, 1.82) is 0 Å². The number of carbonyl (C=O) groups excluding carboxylic acids is 2. The molecule has 0 amide bonds. The Balaban J connectivity index is 1.80. The zero-order valence-corrected chi connectivity index (χ0v) is 18.0. The average Bonchev–Trinajstić information content (AvgIpc) is 3.11. The van der Waals surface area contributed by atoms with Gasteiger partial charge in [0.15, 0.2) is 0 Å². The van der Waals surface area contributed by atoms with Crippen LogP contribution in [0.25, 0.3) is 20.9 Å². The number of nitrogens with zero attached hydrogens (tertiary/aromatic N) is 3. The molecule has 0 saturated carbocycles. The number of thiazole rings is 1. The number of aryl methyl sites for hydroxylation is 1. The van der Waals surface area contributed by atoms with Crippen LogP contribution in [0.2, 0.25) is 0 Å². The Morgan fingerprint density at radius 1 is 1.06 bits per heavy atom. The number of benzene rings is 1. The Morgan fingerprint density at radius 3 is 2.58 bits per heavy atom. The minimum atomic E-state index is -0.641. The second-order valence-electron chi connectivity index (χ2n) is 6.66. The molecule has 3 heterocycles. The van der Waals surface area contributed by atoms with Crippen LogP contribution >= 0.6 is 11.3 Å². The van der Waals surface area contributed by atoms with Crippen LogP contribution in [0.5, 0.6) is 0 Å². The van der Waals surface area contributed by atoms with Gasteiger partial charge in [0, 0.05) is 23.6 Å². The molecule has 31 heavy (non-hydrogen) atoms. The lowest BCUT2D eigenvalue weighted by Gasteiger charge is -2.25. The molecule has 4 rings (SSSR count). The van der Waals surface area contributed by atoms with Crippen molar-refractivity contribution in [3.05, 3.63) is 77.8 Å². The molecule has 0 N–H and O–H groups in total. The van der Waals surface area contributed by atoms with Crippen LogP contribution in [-0.2, 0) is 19.1 Å². The topological polar surface area (TPSA) is 81.6 Å². The van der Waals surface area contributed by atoms with Gasteiger partial charge in [-0.05, 0) is 55.0 Å². The number of methoxy groups -OCH3 is 2. The Labute approximate surface area is 182 Å². The van der Waals surface area contributed by atoms with Crippen molar-refractivity contribution in [2.75, 3.05) is 19.1 Å². The zero-order valence-electron chi connectivity index (χ0n) is 17.2. The van der Waals surface area contributed by atoms with Gasteiger partial charge in [0.05, 0.1) is 19.8 Å². The lowest BCUT2D eigenvalue weighted by Crippen LogP contribution is -2.27. The molecule has 2 aromatic heterocycles. The van der Waals surface area contributed by atoms with Gasteiger partial charge in [0.1, 0.15) is 21.1 Å². The number of ether oxygens (including phenoxy) is 2. The van der Waals surface area contributed by atoms with E-state index in [1.165, 1.54) is 31.6 Å². The van der Waals surface area contributed by atoms with Crippen molar-refractivity contribution < 1.29 is 19.1 Å². The summed E-state index contributed by atoms with van der Waals surface area (Å²) in [6, 6.07) is 9.60. The third-order valence-electron chi connectivity index (χ3n) is 4.76. The van der Waals surface area contributed by atoms with Crippen LogP contribution in [0, 0.1) is 6.92 Å². The second kappa shape index (κ2) is 8.53. The monoisotopic (exact) mass is 433 g/mol. The molecule has 0 spiro atoms. The molecule has 1 aliphatic rings. The molecule has 156 valence electrons. The zero-order chi connectivity index (χ0) is 22.0. The third kappa shape index (κ3) is 3.85. The van der Waals surface area contributed by atoms with E-state index in [0.29, 0.717) is 0 Å². The summed E-state index contributed by atoms with van der Waals surface area (Å²) in [6.07, 6.45) is 8.41. The summed E-state index contributed by atoms with van der Waals surface area (Å²) in [5.41, 5.74) is 3.61. The van der Waals surface area contributed by atoms with Gasteiger partial charge in [-0.15, -0.1) is 0 Å². The maximum atomic E-state index is 12.6. The summed E-state index contributed by atoms with van der Waals surface area (Å²) in [5.74, 6) is -1.26. The fourth-order valence-corrected chi connectivity index (χ4v) is 4.21. The van der Waals surface area contributed by atoms with E-state index in [-0.39, 0.29) is 11.3 Å². The van der Waals surface area contributed by atoms with Crippen molar-refractivity contribution >= 4 is 39.3 Å². The lowest BCUT2D eigenvalue weighted by atomic mass is 10.1. The average molecular weight is 433 g/mol. The summed E-state index contributed by atoms with van der Waals surface area (Å²) in [7, 11) is 2.55. The van der Waals surface area contributed by atoms with E-state index in [1.54, 1.807) is 29.4 Å². The molecule has 0 radical (unpaired) electrons. The Kier molecular flexibility index (Phi) is 5.64. The van der Waals surface area contributed by atoms with E-state index in [4.69, 9.17) is 9.47 Å². The largest absolute Gasteiger partial charge is 0.465 e. The van der Waals surface area contributed by atoms with Crippen LogP contribution in [0.4, 0.5) is 5.69 Å². The van der Waals surface area contributed by atoms with Gasteiger partial charge in [0.25, 0.3) is 0 Å². The van der Waals surface area contributed by atoms with Gasteiger partial charge in [0.2, 0.25) is 0 Å². The number of rotatable bonds is 4. The molecule has 0 bridgehead atoms. The quantitative estimate of drug-likeness (QED) is 0.572. The number of aromatic nitrogens is 2. The third-order valence-corrected chi connectivity index (χ3v) is 5.79. The fraction of sp³-hybridized carbons (Fsp3) is 0.130. The summed E-state index contributed by atoms with van der Waals surface area (Å²) in [6.45, 7) is 1.93. The summed E-state index contributed by atoms with van der Waals surface area (Å²) < 4.78 is 9.83. The number of pyridine rings is 1. The molecular formula is C23H19N3O4S. The summed E-state index contributed by atoms with van der Waals surface area (Å²) in [5, 5.41) is 0.857. The molecule has 0 atom stereocenters. The first-order valence-electron chi connectivity index (χ1n) is 9.41. The normalized spacial score (nSPS) is 13.5. The standard InChI is InChI=1S/C23H19N3O4S/c1-14-13-15(20-25-17-8-6-11-24-21(17)31-20)9-10-18(14)26-12-5-4-7-16(22(27)29-2)19(26)23(28)30-3/h4-13H,1-3H3. The van der Waals surface area contributed by atoms with Gasteiger partial charge in [-0.3, -0.25) is 0 Å². The van der Waals surface area contributed by atoms with E-state index in [2.05, 4.69) is 9.97 Å². The van der Waals surface area contributed by atoms with E-state index in [0.717, 1.165) is 32.2 Å². The van der Waals surface area contributed by atoms with Gasteiger partial charge in [-0.1, -0.05) is 17.4 Å². The molecule has 0 unspecified atom stereocenters. The first-order chi connectivity index (χ1) is 15.0. The first kappa shape index (κ1) is 20.5. The predicted octanol–water partition coefficient (Wildman–Crippen LogP) is 4.16. The maximum Gasteiger partial charge on any atom is 0.355 e. The highest BCUT2D eigenvalue weighted by Gasteiger charge is 2.28. The number of carbonyl (C=O) groups is 2. The highest BCUT2D eigenvalue weighted by molar-refractivity contribution is 7.21. The number of anilines is 1. The lowest BCUT2D eigenvalue weighted by molar-refractivity contribution is -0.139. The molecule has 3 aromatic rings. The molecule has 0 aliphatic carbocycles. The highest BCUT2D eigenvalue weighted by Crippen LogP contribution is 2.34. The molecule has 0 fully saturated rings. The molecule has 0 saturated heterocycles. The van der Waals surface area contributed by atoms with Crippen LogP contribution in [0.3, 0.4) is 0 Å². The van der Waals surface area contributed by atoms with Crippen molar-refractivity contribution in [1.82, 2.24) is 9.97 Å². The smallest absolute Gasteiger partial charge is 0.355 e. The van der Waals surface area contributed by atoms with Gasteiger partial charge in [-0.25, -0.2) is 19.6 Å². The fourth-order valence-electron chi connectivity index (χ4n) is 3.30. The van der Waals surface area contributed by atoms with E-state index in [1.807, 2.05) is 37.3 Å². The summed E-state index contributed by atoms with van der Waals surface area (Å²) >= 11 is 1.52. The van der Waals surface area contributed by atoms with Crippen molar-refractivity contribution in [3.63, 3.8) is 0 Å². The molecule has 7 nitrogen and oxygen atoms in total. The minimum absolute atomic E-state index is 0.0828. The number of esters is 2. The van der Waals surface area contributed by atoms with E-state index < -0.39 is 11.9 Å². The molecule has 8 heteroatoms. The Morgan fingerprint density at radius 2 is 1.87 bits per heavy atom.